The van der Waals surface area contributed by atoms with Crippen molar-refractivity contribution < 1.29 is 14.2 Å². The van der Waals surface area contributed by atoms with Crippen molar-refractivity contribution in [3.05, 3.63) is 31.5 Å². The van der Waals surface area contributed by atoms with Gasteiger partial charge in [-0.3, -0.25) is 0 Å². The molecule has 2 saturated heterocycles. The summed E-state index contributed by atoms with van der Waals surface area (Å²) in [4.78, 5) is 37.6. The predicted molar refractivity (Wildman–Crippen MR) is 80.1 cm³/mol. The first-order chi connectivity index (χ1) is 10.9. The fourth-order valence-corrected chi connectivity index (χ4v) is 2.61. The van der Waals surface area contributed by atoms with Crippen LogP contribution in [-0.2, 0) is 27.3 Å². The van der Waals surface area contributed by atoms with Gasteiger partial charge in [0, 0.05) is 7.11 Å². The van der Waals surface area contributed by atoms with Gasteiger partial charge in [0.05, 0.1) is 39.0 Å². The largest absolute Gasteiger partial charge is 0.381 e. The lowest BCUT2D eigenvalue weighted by Gasteiger charge is -2.17. The number of aromatic nitrogens is 3. The van der Waals surface area contributed by atoms with Crippen LogP contribution in [0.25, 0.3) is 0 Å². The highest BCUT2D eigenvalue weighted by atomic mass is 35.5. The third-order valence-electron chi connectivity index (χ3n) is 3.84. The summed E-state index contributed by atoms with van der Waals surface area (Å²) in [5.41, 5.74) is -3.77. The van der Waals surface area contributed by atoms with Gasteiger partial charge in [-0.05, 0) is 6.92 Å². The summed E-state index contributed by atoms with van der Waals surface area (Å²) < 4.78 is 18.0. The highest BCUT2D eigenvalue weighted by Gasteiger charge is 2.41. The molecule has 10 heteroatoms. The molecular weight excluding hydrogens is 330 g/mol. The maximum Gasteiger partial charge on any atom is 0.337 e. The van der Waals surface area contributed by atoms with Gasteiger partial charge < -0.3 is 14.2 Å². The minimum atomic E-state index is -1.01. The van der Waals surface area contributed by atoms with Gasteiger partial charge in [0.25, 0.3) is 0 Å². The minimum absolute atomic E-state index is 0.0391. The molecule has 3 unspecified atom stereocenters. The monoisotopic (exact) mass is 347 g/mol. The number of methoxy groups -OCH3 is 1. The molecule has 2 aliphatic heterocycles. The highest BCUT2D eigenvalue weighted by molar-refractivity contribution is 6.19. The van der Waals surface area contributed by atoms with Crippen LogP contribution in [0.3, 0.4) is 0 Å². The molecule has 1 aromatic heterocycles. The van der Waals surface area contributed by atoms with Crippen LogP contribution in [0.1, 0.15) is 12.4 Å². The molecule has 0 bridgehead atoms. The average molecular weight is 348 g/mol. The average Bonchev–Trinajstić information content (AvgIpc) is 3.39. The van der Waals surface area contributed by atoms with Crippen molar-refractivity contribution in [3.8, 4) is 0 Å². The third kappa shape index (κ3) is 3.27. The summed E-state index contributed by atoms with van der Waals surface area (Å²) in [6, 6.07) is 0. The Morgan fingerprint density at radius 1 is 1.30 bits per heavy atom. The maximum atomic E-state index is 12.6. The van der Waals surface area contributed by atoms with E-state index in [4.69, 9.17) is 25.8 Å². The molecule has 0 radical (unpaired) electrons. The van der Waals surface area contributed by atoms with Gasteiger partial charge in [-0.1, -0.05) is 11.6 Å². The van der Waals surface area contributed by atoms with E-state index in [9.17, 15) is 14.4 Å². The standard InChI is InChI=1S/C13H18ClN3O6/c1-13(7-23-13)6-16-10(18)15(3-8-4-22-8)11(19)17(12(16)20)9(14)5-21-2/h8-9H,3-7H2,1-2H3. The Bertz CT molecular complexity index is 773. The van der Waals surface area contributed by atoms with E-state index in [-0.39, 0.29) is 25.8 Å². The summed E-state index contributed by atoms with van der Waals surface area (Å²) in [6.07, 6.45) is -0.191. The predicted octanol–water partition coefficient (Wildman–Crippen LogP) is -1.26. The summed E-state index contributed by atoms with van der Waals surface area (Å²) in [7, 11) is 1.41. The number of rotatable bonds is 7. The Labute approximate surface area is 135 Å². The SMILES string of the molecule is COCC(Cl)n1c(=O)n(CC2CO2)c(=O)n(CC2(C)CO2)c1=O. The summed E-state index contributed by atoms with van der Waals surface area (Å²) in [5, 5.41) is 0. The van der Waals surface area contributed by atoms with Gasteiger partial charge in [-0.25, -0.2) is 28.1 Å². The molecule has 0 spiro atoms. The molecule has 0 amide bonds. The topological polar surface area (TPSA) is 100 Å². The summed E-state index contributed by atoms with van der Waals surface area (Å²) in [6.45, 7) is 2.83. The summed E-state index contributed by atoms with van der Waals surface area (Å²) >= 11 is 6.10. The number of halogens is 1. The van der Waals surface area contributed by atoms with Crippen molar-refractivity contribution in [2.75, 3.05) is 26.9 Å². The van der Waals surface area contributed by atoms with Crippen molar-refractivity contribution in [2.45, 2.75) is 37.2 Å². The van der Waals surface area contributed by atoms with E-state index in [1.54, 1.807) is 6.92 Å². The molecule has 128 valence electrons. The number of nitrogens with zero attached hydrogens (tertiary/aromatic N) is 3. The number of hydrogen-bond donors (Lipinski definition) is 0. The van der Waals surface area contributed by atoms with Gasteiger partial charge in [0.2, 0.25) is 0 Å². The summed E-state index contributed by atoms with van der Waals surface area (Å²) in [5.74, 6) is 0. The lowest BCUT2D eigenvalue weighted by atomic mass is 10.2. The Morgan fingerprint density at radius 3 is 2.43 bits per heavy atom. The molecular formula is C13H18ClN3O6. The first-order valence-corrected chi connectivity index (χ1v) is 7.65. The van der Waals surface area contributed by atoms with E-state index in [0.717, 1.165) is 13.7 Å². The van der Waals surface area contributed by atoms with Crippen molar-refractivity contribution in [2.24, 2.45) is 0 Å². The molecule has 3 rings (SSSR count). The normalized spacial score (nSPS) is 27.0. The van der Waals surface area contributed by atoms with Gasteiger partial charge in [-0.15, -0.1) is 0 Å². The number of alkyl halides is 1. The van der Waals surface area contributed by atoms with E-state index < -0.39 is 28.2 Å². The zero-order chi connectivity index (χ0) is 16.8. The van der Waals surface area contributed by atoms with Crippen LogP contribution in [0.4, 0.5) is 0 Å². The van der Waals surface area contributed by atoms with E-state index in [2.05, 4.69) is 0 Å². The fourth-order valence-electron chi connectivity index (χ4n) is 2.32. The third-order valence-corrected chi connectivity index (χ3v) is 4.16. The molecule has 3 atom stereocenters. The number of ether oxygens (including phenoxy) is 3. The quantitative estimate of drug-likeness (QED) is 0.451. The van der Waals surface area contributed by atoms with Crippen molar-refractivity contribution in [3.63, 3.8) is 0 Å². The minimum Gasteiger partial charge on any atom is -0.381 e. The van der Waals surface area contributed by atoms with Crippen LogP contribution >= 0.6 is 11.6 Å². The van der Waals surface area contributed by atoms with E-state index in [1.807, 2.05) is 0 Å². The van der Waals surface area contributed by atoms with Crippen molar-refractivity contribution in [1.29, 1.82) is 0 Å². The second kappa shape index (κ2) is 5.90. The Kier molecular flexibility index (Phi) is 4.21. The second-order valence-corrected chi connectivity index (χ2v) is 6.50. The van der Waals surface area contributed by atoms with E-state index in [1.165, 1.54) is 7.11 Å². The van der Waals surface area contributed by atoms with Crippen LogP contribution in [0.2, 0.25) is 0 Å². The number of hydrogen-bond acceptors (Lipinski definition) is 6. The highest BCUT2D eigenvalue weighted by Crippen LogP contribution is 2.26. The fraction of sp³-hybridized carbons (Fsp3) is 0.769. The van der Waals surface area contributed by atoms with Crippen molar-refractivity contribution in [1.82, 2.24) is 13.7 Å². The number of epoxide rings is 2. The van der Waals surface area contributed by atoms with E-state index in [0.29, 0.717) is 13.2 Å². The zero-order valence-corrected chi connectivity index (χ0v) is 13.6. The Balaban J connectivity index is 2.13. The molecule has 2 fully saturated rings. The van der Waals surface area contributed by atoms with Gasteiger partial charge in [-0.2, -0.15) is 0 Å². The lowest BCUT2D eigenvalue weighted by Crippen LogP contribution is -2.56. The van der Waals surface area contributed by atoms with Crippen LogP contribution in [0.15, 0.2) is 14.4 Å². The van der Waals surface area contributed by atoms with Crippen LogP contribution < -0.4 is 17.1 Å². The van der Waals surface area contributed by atoms with E-state index >= 15 is 0 Å². The molecule has 1 aromatic rings. The van der Waals surface area contributed by atoms with Gasteiger partial charge in [0.1, 0.15) is 11.1 Å². The van der Waals surface area contributed by atoms with Gasteiger partial charge >= 0.3 is 17.1 Å². The molecule has 3 heterocycles. The lowest BCUT2D eigenvalue weighted by molar-refractivity contribution is 0.175. The second-order valence-electron chi connectivity index (χ2n) is 6.00. The van der Waals surface area contributed by atoms with Crippen LogP contribution in [0, 0.1) is 0 Å². The zero-order valence-electron chi connectivity index (χ0n) is 12.9. The molecule has 2 aliphatic rings. The molecule has 23 heavy (non-hydrogen) atoms. The smallest absolute Gasteiger partial charge is 0.337 e. The Hall–Kier alpha value is -1.42. The Morgan fingerprint density at radius 2 is 1.91 bits per heavy atom. The molecule has 0 aromatic carbocycles. The molecule has 0 saturated carbocycles. The van der Waals surface area contributed by atoms with Crippen molar-refractivity contribution >= 4 is 11.6 Å². The maximum absolute atomic E-state index is 12.6. The van der Waals surface area contributed by atoms with Gasteiger partial charge in [0.15, 0.2) is 0 Å². The first kappa shape index (κ1) is 16.4. The molecule has 0 N–H and O–H groups in total. The van der Waals surface area contributed by atoms with Crippen LogP contribution in [0.5, 0.6) is 0 Å². The first-order valence-electron chi connectivity index (χ1n) is 7.21. The molecule has 0 aliphatic carbocycles. The van der Waals surface area contributed by atoms with Crippen LogP contribution in [-0.4, -0.2) is 52.3 Å². The molecule has 9 nitrogen and oxygen atoms in total.